The number of nitrogens with one attached hydrogen (secondary N) is 2. The molecule has 0 saturated heterocycles. The number of ether oxygens (including phenoxy) is 1. The topological polar surface area (TPSA) is 128 Å². The van der Waals surface area contributed by atoms with E-state index in [-0.39, 0.29) is 17.8 Å². The van der Waals surface area contributed by atoms with Crippen molar-refractivity contribution < 1.29 is 28.4 Å². The Balaban J connectivity index is 1.85. The number of nitro benzene ring substituents is 1. The van der Waals surface area contributed by atoms with Crippen molar-refractivity contribution in [1.82, 2.24) is 10.6 Å². The summed E-state index contributed by atoms with van der Waals surface area (Å²) in [4.78, 5) is 46.6. The smallest absolute Gasteiger partial charge is 0.329 e. The van der Waals surface area contributed by atoms with E-state index in [9.17, 15) is 28.9 Å². The van der Waals surface area contributed by atoms with Gasteiger partial charge in [0.05, 0.1) is 4.92 Å². The highest BCUT2D eigenvalue weighted by Crippen LogP contribution is 2.13. The van der Waals surface area contributed by atoms with E-state index in [2.05, 4.69) is 10.6 Å². The van der Waals surface area contributed by atoms with E-state index in [0.717, 1.165) is 6.07 Å². The Morgan fingerprint density at radius 2 is 1.80 bits per heavy atom. The van der Waals surface area contributed by atoms with Crippen LogP contribution in [0.4, 0.5) is 10.1 Å². The number of amides is 2. The predicted octanol–water partition coefficient (Wildman–Crippen LogP) is 2.10. The number of nitro groups is 1. The van der Waals surface area contributed by atoms with Gasteiger partial charge in [-0.3, -0.25) is 19.7 Å². The van der Waals surface area contributed by atoms with Crippen LogP contribution in [0.25, 0.3) is 0 Å². The minimum Gasteiger partial charge on any atom is -0.451 e. The lowest BCUT2D eigenvalue weighted by molar-refractivity contribution is -0.384. The van der Waals surface area contributed by atoms with Crippen molar-refractivity contribution in [3.8, 4) is 0 Å². The summed E-state index contributed by atoms with van der Waals surface area (Å²) in [6.45, 7) is 2.85. The van der Waals surface area contributed by atoms with Crippen LogP contribution in [0.5, 0.6) is 0 Å². The maximum Gasteiger partial charge on any atom is 0.329 e. The third-order valence-electron chi connectivity index (χ3n) is 4.06. The molecule has 2 N–H and O–H groups in total. The first-order valence-electron chi connectivity index (χ1n) is 8.95. The molecule has 0 aromatic heterocycles. The Morgan fingerprint density at radius 3 is 2.43 bits per heavy atom. The highest BCUT2D eigenvalue weighted by molar-refractivity contribution is 5.97. The van der Waals surface area contributed by atoms with Crippen LogP contribution in [0.2, 0.25) is 0 Å². The van der Waals surface area contributed by atoms with Crippen LogP contribution >= 0.6 is 0 Å². The molecule has 2 amide bonds. The molecule has 0 unspecified atom stereocenters. The minimum absolute atomic E-state index is 0.00828. The molecule has 0 bridgehead atoms. The molecule has 2 rings (SSSR count). The van der Waals surface area contributed by atoms with E-state index in [1.807, 2.05) is 0 Å². The molecular weight excluding hydrogens is 397 g/mol. The van der Waals surface area contributed by atoms with Crippen LogP contribution in [-0.2, 0) is 20.9 Å². The maximum atomic E-state index is 12.9. The molecule has 0 saturated carbocycles. The Kier molecular flexibility index (Phi) is 7.56. The van der Waals surface area contributed by atoms with Crippen molar-refractivity contribution in [3.63, 3.8) is 0 Å². The second-order valence-electron chi connectivity index (χ2n) is 6.43. The lowest BCUT2D eigenvalue weighted by Crippen LogP contribution is -2.43. The molecule has 2 aromatic rings. The van der Waals surface area contributed by atoms with E-state index < -0.39 is 40.7 Å². The molecule has 2 atom stereocenters. The number of halogens is 1. The number of hydrogen-bond donors (Lipinski definition) is 2. The third-order valence-corrected chi connectivity index (χ3v) is 4.06. The quantitative estimate of drug-likeness (QED) is 0.385. The largest absolute Gasteiger partial charge is 0.451 e. The van der Waals surface area contributed by atoms with Gasteiger partial charge in [0.1, 0.15) is 11.9 Å². The standard InChI is InChI=1S/C20H20FN3O6/c1-12(23-19(26)15-4-3-5-17(10-15)24(28)29)20(27)30-13(2)18(25)22-11-14-6-8-16(21)9-7-14/h3-10,12-13H,11H2,1-2H3,(H,22,25)(H,23,26)/t12-,13-/m0/s1. The first kappa shape index (κ1) is 22.5. The van der Waals surface area contributed by atoms with E-state index in [4.69, 9.17) is 4.74 Å². The van der Waals surface area contributed by atoms with Gasteiger partial charge in [-0.05, 0) is 37.6 Å². The SMILES string of the molecule is C[C@H](NC(=O)c1cccc([N+](=O)[O-])c1)C(=O)O[C@@H](C)C(=O)NCc1ccc(F)cc1. The zero-order chi connectivity index (χ0) is 22.3. The number of rotatable bonds is 8. The van der Waals surface area contributed by atoms with E-state index >= 15 is 0 Å². The van der Waals surface area contributed by atoms with Gasteiger partial charge in [-0.15, -0.1) is 0 Å². The van der Waals surface area contributed by atoms with Crippen LogP contribution in [0.15, 0.2) is 48.5 Å². The molecular formula is C20H20FN3O6. The fraction of sp³-hybridized carbons (Fsp3) is 0.250. The van der Waals surface area contributed by atoms with Gasteiger partial charge in [-0.1, -0.05) is 18.2 Å². The molecule has 0 aliphatic carbocycles. The summed E-state index contributed by atoms with van der Waals surface area (Å²) in [5.41, 5.74) is 0.416. The summed E-state index contributed by atoms with van der Waals surface area (Å²) < 4.78 is 17.9. The molecule has 9 nitrogen and oxygen atoms in total. The van der Waals surface area contributed by atoms with Crippen LogP contribution in [0.3, 0.4) is 0 Å². The summed E-state index contributed by atoms with van der Waals surface area (Å²) >= 11 is 0. The van der Waals surface area contributed by atoms with Crippen molar-refractivity contribution >= 4 is 23.5 Å². The molecule has 0 heterocycles. The lowest BCUT2D eigenvalue weighted by atomic mass is 10.2. The van der Waals surface area contributed by atoms with Crippen LogP contribution < -0.4 is 10.6 Å². The fourth-order valence-corrected chi connectivity index (χ4v) is 2.36. The van der Waals surface area contributed by atoms with E-state index in [0.29, 0.717) is 5.56 Å². The van der Waals surface area contributed by atoms with Crippen LogP contribution in [0, 0.1) is 15.9 Å². The summed E-state index contributed by atoms with van der Waals surface area (Å²) in [5.74, 6) is -2.51. The second kappa shape index (κ2) is 10.1. The molecule has 2 aromatic carbocycles. The van der Waals surface area contributed by atoms with Crippen molar-refractivity contribution in [2.24, 2.45) is 0 Å². The second-order valence-corrected chi connectivity index (χ2v) is 6.43. The molecule has 0 spiro atoms. The van der Waals surface area contributed by atoms with Crippen molar-refractivity contribution in [3.05, 3.63) is 75.6 Å². The Labute approximate surface area is 171 Å². The number of nitrogens with zero attached hydrogens (tertiary/aromatic N) is 1. The zero-order valence-electron chi connectivity index (χ0n) is 16.3. The highest BCUT2D eigenvalue weighted by Gasteiger charge is 2.24. The minimum atomic E-state index is -1.13. The third kappa shape index (κ3) is 6.36. The summed E-state index contributed by atoms with van der Waals surface area (Å²) in [6.07, 6.45) is -1.13. The number of carbonyl (C=O) groups is 3. The molecule has 158 valence electrons. The van der Waals surface area contributed by atoms with Crippen molar-refractivity contribution in [1.29, 1.82) is 0 Å². The normalized spacial score (nSPS) is 12.4. The monoisotopic (exact) mass is 417 g/mol. The summed E-state index contributed by atoms with van der Waals surface area (Å²) in [5, 5.41) is 15.7. The molecule has 10 heteroatoms. The number of carbonyl (C=O) groups excluding carboxylic acids is 3. The van der Waals surface area contributed by atoms with Gasteiger partial charge < -0.3 is 15.4 Å². The Morgan fingerprint density at radius 1 is 1.13 bits per heavy atom. The van der Waals surface area contributed by atoms with Crippen LogP contribution in [0.1, 0.15) is 29.8 Å². The Bertz CT molecular complexity index is 948. The molecule has 0 aliphatic rings. The summed E-state index contributed by atoms with van der Waals surface area (Å²) in [7, 11) is 0. The van der Waals surface area contributed by atoms with Gasteiger partial charge in [0, 0.05) is 24.2 Å². The fourth-order valence-electron chi connectivity index (χ4n) is 2.36. The van der Waals surface area contributed by atoms with Crippen molar-refractivity contribution in [2.45, 2.75) is 32.5 Å². The van der Waals surface area contributed by atoms with Gasteiger partial charge in [-0.25, -0.2) is 9.18 Å². The molecule has 30 heavy (non-hydrogen) atoms. The molecule has 0 radical (unpaired) electrons. The van der Waals surface area contributed by atoms with E-state index in [1.54, 1.807) is 0 Å². The Hall–Kier alpha value is -3.82. The van der Waals surface area contributed by atoms with Gasteiger partial charge in [0.2, 0.25) is 0 Å². The maximum absolute atomic E-state index is 12.9. The van der Waals surface area contributed by atoms with Gasteiger partial charge in [0.15, 0.2) is 6.10 Å². The van der Waals surface area contributed by atoms with Gasteiger partial charge in [-0.2, -0.15) is 0 Å². The number of esters is 1. The molecule has 0 aliphatic heterocycles. The lowest BCUT2D eigenvalue weighted by Gasteiger charge is -2.17. The number of benzene rings is 2. The highest BCUT2D eigenvalue weighted by atomic mass is 19.1. The number of non-ortho nitro benzene ring substituents is 1. The van der Waals surface area contributed by atoms with Gasteiger partial charge >= 0.3 is 5.97 Å². The average molecular weight is 417 g/mol. The average Bonchev–Trinajstić information content (AvgIpc) is 2.72. The summed E-state index contributed by atoms with van der Waals surface area (Å²) in [6, 6.07) is 9.49. The predicted molar refractivity (Wildman–Crippen MR) is 104 cm³/mol. The van der Waals surface area contributed by atoms with Crippen molar-refractivity contribution in [2.75, 3.05) is 0 Å². The van der Waals surface area contributed by atoms with E-state index in [1.165, 1.54) is 56.3 Å². The van der Waals surface area contributed by atoms with Gasteiger partial charge in [0.25, 0.3) is 17.5 Å². The molecule has 0 fully saturated rings. The first-order chi connectivity index (χ1) is 14.2. The number of hydrogen-bond acceptors (Lipinski definition) is 6. The first-order valence-corrected chi connectivity index (χ1v) is 8.95. The zero-order valence-corrected chi connectivity index (χ0v) is 16.3. The van der Waals surface area contributed by atoms with Crippen LogP contribution in [-0.4, -0.2) is 34.9 Å².